The molecule has 0 fully saturated rings. The van der Waals surface area contributed by atoms with Crippen LogP contribution >= 0.6 is 12.4 Å². The molecule has 1 atom stereocenters. The highest BCUT2D eigenvalue weighted by molar-refractivity contribution is 5.95. The van der Waals surface area contributed by atoms with Crippen molar-refractivity contribution < 1.29 is 9.21 Å². The Balaban J connectivity index is 0.00000242. The molecule has 0 spiro atoms. The molecule has 22 heavy (non-hydrogen) atoms. The first-order chi connectivity index (χ1) is 9.88. The molecule has 2 aromatic rings. The van der Waals surface area contributed by atoms with Gasteiger partial charge in [-0.05, 0) is 37.5 Å². The lowest BCUT2D eigenvalue weighted by atomic mass is 10.0. The molecule has 2 rings (SSSR count). The number of nitrogens with one attached hydrogen (secondary N) is 1. The van der Waals surface area contributed by atoms with Crippen molar-refractivity contribution in [2.45, 2.75) is 33.7 Å². The van der Waals surface area contributed by atoms with Crippen molar-refractivity contribution in [2.75, 3.05) is 5.32 Å². The number of nitrogens with zero attached hydrogens (tertiary/aromatic N) is 1. The number of carbonyl (C=O) groups is 1. The summed E-state index contributed by atoms with van der Waals surface area (Å²) >= 11 is 0. The predicted octanol–water partition coefficient (Wildman–Crippen LogP) is 3.30. The van der Waals surface area contributed by atoms with Crippen LogP contribution in [-0.2, 0) is 4.79 Å². The number of halogens is 1. The molecule has 5 nitrogen and oxygen atoms in total. The smallest absolute Gasteiger partial charge is 0.241 e. The van der Waals surface area contributed by atoms with E-state index in [-0.39, 0.29) is 24.2 Å². The number of oxazole rings is 1. The fourth-order valence-electron chi connectivity index (χ4n) is 1.94. The highest BCUT2D eigenvalue weighted by atomic mass is 35.5. The number of rotatable bonds is 4. The third kappa shape index (κ3) is 4.08. The molecule has 0 bridgehead atoms. The van der Waals surface area contributed by atoms with Crippen molar-refractivity contribution in [1.82, 2.24) is 4.98 Å². The summed E-state index contributed by atoms with van der Waals surface area (Å²) in [6.45, 7) is 7.68. The van der Waals surface area contributed by atoms with E-state index in [4.69, 9.17) is 10.2 Å². The topological polar surface area (TPSA) is 81.2 Å². The van der Waals surface area contributed by atoms with Gasteiger partial charge in [-0.3, -0.25) is 4.79 Å². The number of hydrogen-bond acceptors (Lipinski definition) is 4. The number of aromatic nitrogens is 1. The first-order valence-electron chi connectivity index (χ1n) is 6.98. The fourth-order valence-corrected chi connectivity index (χ4v) is 1.94. The Bertz CT molecular complexity index is 653. The quantitative estimate of drug-likeness (QED) is 0.904. The van der Waals surface area contributed by atoms with Gasteiger partial charge in [0.05, 0.1) is 11.7 Å². The van der Waals surface area contributed by atoms with Gasteiger partial charge in [-0.25, -0.2) is 4.98 Å². The second-order valence-corrected chi connectivity index (χ2v) is 5.58. The zero-order valence-corrected chi connectivity index (χ0v) is 14.0. The van der Waals surface area contributed by atoms with Crippen LogP contribution < -0.4 is 11.1 Å². The zero-order chi connectivity index (χ0) is 15.6. The maximum absolute atomic E-state index is 12.0. The van der Waals surface area contributed by atoms with Gasteiger partial charge in [0.1, 0.15) is 6.26 Å². The Kier molecular flexibility index (Phi) is 6.14. The molecular formula is C16H22ClN3O2. The summed E-state index contributed by atoms with van der Waals surface area (Å²) in [5.41, 5.74) is 9.25. The number of amides is 1. The molecule has 3 N–H and O–H groups in total. The summed E-state index contributed by atoms with van der Waals surface area (Å²) in [5.74, 6) is 0.446. The highest BCUT2D eigenvalue weighted by Crippen LogP contribution is 2.26. The second kappa shape index (κ2) is 7.42. The highest BCUT2D eigenvalue weighted by Gasteiger charge is 2.18. The Morgan fingerprint density at radius 1 is 1.32 bits per heavy atom. The van der Waals surface area contributed by atoms with E-state index in [2.05, 4.69) is 10.3 Å². The maximum atomic E-state index is 12.0. The van der Waals surface area contributed by atoms with Gasteiger partial charge >= 0.3 is 0 Å². The third-order valence-corrected chi connectivity index (χ3v) is 3.38. The maximum Gasteiger partial charge on any atom is 0.241 e. The molecule has 0 unspecified atom stereocenters. The van der Waals surface area contributed by atoms with Crippen molar-refractivity contribution in [3.63, 3.8) is 0 Å². The summed E-state index contributed by atoms with van der Waals surface area (Å²) in [6.07, 6.45) is 1.61. The molecule has 1 heterocycles. The zero-order valence-electron chi connectivity index (χ0n) is 13.2. The van der Waals surface area contributed by atoms with E-state index < -0.39 is 6.04 Å². The van der Waals surface area contributed by atoms with Gasteiger partial charge in [0.2, 0.25) is 11.8 Å². The first kappa shape index (κ1) is 18.2. The minimum atomic E-state index is -0.529. The van der Waals surface area contributed by atoms with Crippen molar-refractivity contribution in [1.29, 1.82) is 0 Å². The van der Waals surface area contributed by atoms with Crippen molar-refractivity contribution in [2.24, 2.45) is 11.7 Å². The Hall–Kier alpha value is -1.85. The van der Waals surface area contributed by atoms with Crippen molar-refractivity contribution in [3.8, 4) is 11.5 Å². The molecule has 0 aliphatic carbocycles. The lowest BCUT2D eigenvalue weighted by Crippen LogP contribution is -2.39. The van der Waals surface area contributed by atoms with Crippen LogP contribution in [-0.4, -0.2) is 16.9 Å². The van der Waals surface area contributed by atoms with Gasteiger partial charge in [-0.1, -0.05) is 19.9 Å². The Morgan fingerprint density at radius 2 is 2.00 bits per heavy atom. The average molecular weight is 324 g/mol. The first-order valence-corrected chi connectivity index (χ1v) is 6.98. The second-order valence-electron chi connectivity index (χ2n) is 5.58. The van der Waals surface area contributed by atoms with Gasteiger partial charge in [-0.15, -0.1) is 12.4 Å². The van der Waals surface area contributed by atoms with Crippen LogP contribution in [0, 0.1) is 19.8 Å². The SMILES string of the molecule is Cc1coc(-c2cc(NC(=O)[C@@H](N)C(C)C)ccc2C)n1.Cl. The third-order valence-electron chi connectivity index (χ3n) is 3.38. The summed E-state index contributed by atoms with van der Waals surface area (Å²) < 4.78 is 5.43. The van der Waals surface area contributed by atoms with Gasteiger partial charge in [-0.2, -0.15) is 0 Å². The van der Waals surface area contributed by atoms with Crippen LogP contribution in [0.1, 0.15) is 25.1 Å². The van der Waals surface area contributed by atoms with Crippen molar-refractivity contribution >= 4 is 24.0 Å². The molecular weight excluding hydrogens is 302 g/mol. The normalized spacial score (nSPS) is 11.9. The fraction of sp³-hybridized carbons (Fsp3) is 0.375. The molecule has 0 aliphatic heterocycles. The average Bonchev–Trinajstić information content (AvgIpc) is 2.86. The van der Waals surface area contributed by atoms with Crippen LogP contribution in [0.3, 0.4) is 0 Å². The summed E-state index contributed by atoms with van der Waals surface area (Å²) in [7, 11) is 0. The molecule has 0 aliphatic rings. The van der Waals surface area contributed by atoms with Crippen LogP contribution in [0.5, 0.6) is 0 Å². The number of aryl methyl sites for hydroxylation is 2. The van der Waals surface area contributed by atoms with Crippen molar-refractivity contribution in [3.05, 3.63) is 35.7 Å². The van der Waals surface area contributed by atoms with Gasteiger partial charge in [0.15, 0.2) is 0 Å². The molecule has 0 radical (unpaired) electrons. The van der Waals surface area contributed by atoms with Crippen LogP contribution in [0.4, 0.5) is 5.69 Å². The largest absolute Gasteiger partial charge is 0.444 e. The summed E-state index contributed by atoms with van der Waals surface area (Å²) in [6, 6.07) is 5.09. The van der Waals surface area contributed by atoms with E-state index in [1.54, 1.807) is 6.26 Å². The molecule has 120 valence electrons. The number of nitrogens with two attached hydrogens (primary N) is 1. The predicted molar refractivity (Wildman–Crippen MR) is 90.1 cm³/mol. The number of carbonyl (C=O) groups excluding carboxylic acids is 1. The minimum Gasteiger partial charge on any atom is -0.444 e. The standard InChI is InChI=1S/C16H21N3O2.ClH/c1-9(2)14(17)15(20)19-12-6-5-10(3)13(7-12)16-18-11(4)8-21-16;/h5-9,14H,17H2,1-4H3,(H,19,20);1H/t14-;/m0./s1. The molecule has 0 saturated carbocycles. The lowest BCUT2D eigenvalue weighted by molar-refractivity contribution is -0.118. The Morgan fingerprint density at radius 3 is 2.55 bits per heavy atom. The van der Waals surface area contributed by atoms with Gasteiger partial charge in [0.25, 0.3) is 0 Å². The van der Waals surface area contributed by atoms with Gasteiger partial charge in [0, 0.05) is 11.3 Å². The summed E-state index contributed by atoms with van der Waals surface area (Å²) in [5, 5.41) is 2.83. The van der Waals surface area contributed by atoms with E-state index in [0.29, 0.717) is 11.6 Å². The van der Waals surface area contributed by atoms with E-state index in [1.807, 2.05) is 45.9 Å². The van der Waals surface area contributed by atoms with E-state index in [9.17, 15) is 4.79 Å². The Labute approximate surface area is 136 Å². The molecule has 1 aromatic heterocycles. The number of hydrogen-bond donors (Lipinski definition) is 2. The molecule has 6 heteroatoms. The van der Waals surface area contributed by atoms with Gasteiger partial charge < -0.3 is 15.5 Å². The summed E-state index contributed by atoms with van der Waals surface area (Å²) in [4.78, 5) is 16.3. The minimum absolute atomic E-state index is 0. The monoisotopic (exact) mass is 323 g/mol. The van der Waals surface area contributed by atoms with Crippen LogP contribution in [0.25, 0.3) is 11.5 Å². The van der Waals surface area contributed by atoms with E-state index in [0.717, 1.165) is 16.8 Å². The number of anilines is 1. The molecule has 1 amide bonds. The van der Waals surface area contributed by atoms with E-state index in [1.165, 1.54) is 0 Å². The molecule has 1 aromatic carbocycles. The van der Waals surface area contributed by atoms with Crippen LogP contribution in [0.15, 0.2) is 28.9 Å². The van der Waals surface area contributed by atoms with E-state index >= 15 is 0 Å². The molecule has 0 saturated heterocycles. The number of benzene rings is 1. The lowest BCUT2D eigenvalue weighted by Gasteiger charge is -2.16. The van der Waals surface area contributed by atoms with Crippen LogP contribution in [0.2, 0.25) is 0 Å².